The number of benzene rings is 2. The fraction of sp³-hybridized carbons (Fsp3) is 0.265. The molecular weight excluding hydrogens is 579 g/mol. The SMILES string of the molecule is COc1cc2nc(-c3cn(C(C)c4ccc(C)cn4)c4ncc(-c5cc(F)cc(F)c5)c(N5CCC(N)CC5)c34)[nH]c2cc1F. The maximum atomic E-state index is 14.7. The highest BCUT2D eigenvalue weighted by molar-refractivity contribution is 6.08. The van der Waals surface area contributed by atoms with E-state index >= 15 is 0 Å². The number of rotatable bonds is 6. The van der Waals surface area contributed by atoms with Crippen molar-refractivity contribution in [3.8, 4) is 28.3 Å². The number of hydrogen-bond donors (Lipinski definition) is 2. The number of anilines is 1. The number of nitrogens with one attached hydrogen (secondary N) is 1. The molecule has 0 amide bonds. The number of halogens is 3. The van der Waals surface area contributed by atoms with E-state index in [-0.39, 0.29) is 17.8 Å². The first-order valence-corrected chi connectivity index (χ1v) is 14.9. The van der Waals surface area contributed by atoms with Crippen molar-refractivity contribution in [1.82, 2.24) is 24.5 Å². The normalized spacial score (nSPS) is 14.9. The standard InChI is InChI=1S/C34H32F3N7O/c1-18-4-5-27(39-15-18)19(2)44-17-25(33-41-28-13-26(37)30(45-3)14-29(28)42-33)31-32(43-8-6-23(38)7-9-43)24(16-40-34(31)44)20-10-21(35)12-22(36)11-20/h4-5,10-17,19,23H,6-9,38H2,1-3H3,(H,41,42). The summed E-state index contributed by atoms with van der Waals surface area (Å²) in [6, 6.07) is 10.2. The molecule has 5 heterocycles. The van der Waals surface area contributed by atoms with Gasteiger partial charge in [0.25, 0.3) is 0 Å². The number of imidazole rings is 1. The molecule has 230 valence electrons. The van der Waals surface area contributed by atoms with E-state index in [1.54, 1.807) is 12.3 Å². The average Bonchev–Trinajstić information content (AvgIpc) is 3.61. The topological polar surface area (TPSA) is 97.9 Å². The summed E-state index contributed by atoms with van der Waals surface area (Å²) in [5.74, 6) is -1.29. The van der Waals surface area contributed by atoms with Crippen LogP contribution in [-0.2, 0) is 0 Å². The minimum absolute atomic E-state index is 0.0607. The minimum Gasteiger partial charge on any atom is -0.494 e. The van der Waals surface area contributed by atoms with E-state index in [1.807, 2.05) is 42.9 Å². The highest BCUT2D eigenvalue weighted by Gasteiger charge is 2.29. The molecule has 0 aliphatic carbocycles. The lowest BCUT2D eigenvalue weighted by Crippen LogP contribution is -2.40. The van der Waals surface area contributed by atoms with Crippen LogP contribution in [0.5, 0.6) is 5.75 Å². The van der Waals surface area contributed by atoms with Gasteiger partial charge in [-0.15, -0.1) is 0 Å². The van der Waals surface area contributed by atoms with E-state index in [4.69, 9.17) is 20.4 Å². The van der Waals surface area contributed by atoms with Gasteiger partial charge in [0.15, 0.2) is 11.6 Å². The molecule has 1 atom stereocenters. The molecule has 3 N–H and O–H groups in total. The van der Waals surface area contributed by atoms with Gasteiger partial charge in [-0.2, -0.15) is 0 Å². The molecule has 0 saturated carbocycles. The molecule has 0 spiro atoms. The van der Waals surface area contributed by atoms with Crippen molar-refractivity contribution < 1.29 is 17.9 Å². The lowest BCUT2D eigenvalue weighted by molar-refractivity contribution is 0.387. The second-order valence-corrected chi connectivity index (χ2v) is 11.7. The summed E-state index contributed by atoms with van der Waals surface area (Å²) in [7, 11) is 1.41. The smallest absolute Gasteiger partial charge is 0.167 e. The van der Waals surface area contributed by atoms with Crippen LogP contribution >= 0.6 is 0 Å². The second-order valence-electron chi connectivity index (χ2n) is 11.7. The first-order valence-electron chi connectivity index (χ1n) is 14.9. The van der Waals surface area contributed by atoms with Crippen molar-refractivity contribution >= 4 is 27.8 Å². The molecule has 1 aliphatic rings. The van der Waals surface area contributed by atoms with Gasteiger partial charge < -0.3 is 24.9 Å². The van der Waals surface area contributed by atoms with Crippen LogP contribution in [0.25, 0.3) is 44.6 Å². The lowest BCUT2D eigenvalue weighted by Gasteiger charge is -2.34. The molecule has 0 radical (unpaired) electrons. The number of aryl methyl sites for hydroxylation is 1. The predicted molar refractivity (Wildman–Crippen MR) is 169 cm³/mol. The van der Waals surface area contributed by atoms with E-state index in [0.29, 0.717) is 52.3 Å². The Morgan fingerprint density at radius 1 is 0.978 bits per heavy atom. The van der Waals surface area contributed by atoms with E-state index in [1.165, 1.54) is 25.3 Å². The summed E-state index contributed by atoms with van der Waals surface area (Å²) in [6.07, 6.45) is 6.97. The zero-order valence-corrected chi connectivity index (χ0v) is 25.1. The van der Waals surface area contributed by atoms with Gasteiger partial charge in [-0.05, 0) is 56.0 Å². The Morgan fingerprint density at radius 3 is 2.42 bits per heavy atom. The summed E-state index contributed by atoms with van der Waals surface area (Å²) in [5, 5.41) is 0.748. The molecule has 1 aliphatic heterocycles. The van der Waals surface area contributed by atoms with Gasteiger partial charge in [0.2, 0.25) is 0 Å². The van der Waals surface area contributed by atoms with Gasteiger partial charge in [0, 0.05) is 67.0 Å². The number of nitrogens with two attached hydrogens (primary N) is 1. The van der Waals surface area contributed by atoms with Crippen LogP contribution in [0.2, 0.25) is 0 Å². The van der Waals surface area contributed by atoms with E-state index in [0.717, 1.165) is 41.2 Å². The van der Waals surface area contributed by atoms with Crippen molar-refractivity contribution in [2.45, 2.75) is 38.8 Å². The lowest BCUT2D eigenvalue weighted by atomic mass is 9.98. The maximum Gasteiger partial charge on any atom is 0.167 e. The number of methoxy groups -OCH3 is 1. The summed E-state index contributed by atoms with van der Waals surface area (Å²) in [6.45, 7) is 5.32. The third kappa shape index (κ3) is 5.16. The van der Waals surface area contributed by atoms with Crippen molar-refractivity contribution in [3.05, 3.63) is 89.8 Å². The molecule has 7 rings (SSSR count). The molecule has 4 aromatic heterocycles. The Balaban J connectivity index is 1.54. The van der Waals surface area contributed by atoms with Gasteiger partial charge in [-0.25, -0.2) is 23.1 Å². The number of piperidine rings is 1. The molecule has 6 aromatic rings. The quantitative estimate of drug-likeness (QED) is 0.212. The van der Waals surface area contributed by atoms with Crippen molar-refractivity contribution in [2.75, 3.05) is 25.1 Å². The summed E-state index contributed by atoms with van der Waals surface area (Å²) in [4.78, 5) is 19.9. The summed E-state index contributed by atoms with van der Waals surface area (Å²) >= 11 is 0. The molecule has 45 heavy (non-hydrogen) atoms. The van der Waals surface area contributed by atoms with E-state index in [9.17, 15) is 13.2 Å². The number of pyridine rings is 2. The highest BCUT2D eigenvalue weighted by Crippen LogP contribution is 2.44. The van der Waals surface area contributed by atoms with Crippen molar-refractivity contribution in [2.24, 2.45) is 5.73 Å². The van der Waals surface area contributed by atoms with Crippen LogP contribution in [0.4, 0.5) is 18.9 Å². The zero-order chi connectivity index (χ0) is 31.4. The van der Waals surface area contributed by atoms with Gasteiger partial charge in [-0.3, -0.25) is 4.98 Å². The maximum absolute atomic E-state index is 14.7. The first kappa shape index (κ1) is 28.8. The Labute approximate surface area is 257 Å². The Bertz CT molecular complexity index is 2030. The minimum atomic E-state index is -0.679. The molecule has 1 saturated heterocycles. The molecule has 2 aromatic carbocycles. The van der Waals surface area contributed by atoms with Crippen LogP contribution < -0.4 is 15.4 Å². The van der Waals surface area contributed by atoms with E-state index in [2.05, 4.69) is 14.9 Å². The molecule has 1 fully saturated rings. The van der Waals surface area contributed by atoms with Gasteiger partial charge in [-0.1, -0.05) is 6.07 Å². The second kappa shape index (κ2) is 11.2. The van der Waals surface area contributed by atoms with E-state index < -0.39 is 17.5 Å². The van der Waals surface area contributed by atoms with Crippen LogP contribution in [0.3, 0.4) is 0 Å². The Kier molecular flexibility index (Phi) is 7.20. The van der Waals surface area contributed by atoms with Crippen LogP contribution in [-0.4, -0.2) is 50.7 Å². The van der Waals surface area contributed by atoms with Gasteiger partial charge in [0.1, 0.15) is 23.1 Å². The monoisotopic (exact) mass is 611 g/mol. The number of nitrogens with zero attached hydrogens (tertiary/aromatic N) is 5. The molecular formula is C34H32F3N7O. The Morgan fingerprint density at radius 2 is 1.73 bits per heavy atom. The van der Waals surface area contributed by atoms with Crippen LogP contribution in [0.1, 0.15) is 37.1 Å². The van der Waals surface area contributed by atoms with Crippen molar-refractivity contribution in [3.63, 3.8) is 0 Å². The fourth-order valence-electron chi connectivity index (χ4n) is 6.21. The fourth-order valence-corrected chi connectivity index (χ4v) is 6.21. The first-order chi connectivity index (χ1) is 21.7. The predicted octanol–water partition coefficient (Wildman–Crippen LogP) is 6.91. The van der Waals surface area contributed by atoms with Crippen LogP contribution in [0, 0.1) is 24.4 Å². The highest BCUT2D eigenvalue weighted by atomic mass is 19.1. The average molecular weight is 612 g/mol. The zero-order valence-electron chi connectivity index (χ0n) is 25.1. The molecule has 1 unspecified atom stereocenters. The number of ether oxygens (including phenoxy) is 1. The number of hydrogen-bond acceptors (Lipinski definition) is 6. The summed E-state index contributed by atoms with van der Waals surface area (Å²) < 4.78 is 51.1. The number of H-pyrrole nitrogens is 1. The molecule has 0 bridgehead atoms. The number of aromatic nitrogens is 5. The van der Waals surface area contributed by atoms with Gasteiger partial charge >= 0.3 is 0 Å². The van der Waals surface area contributed by atoms with Crippen LogP contribution in [0.15, 0.2) is 61.1 Å². The van der Waals surface area contributed by atoms with Crippen molar-refractivity contribution in [1.29, 1.82) is 0 Å². The summed E-state index contributed by atoms with van der Waals surface area (Å²) in [5.41, 5.74) is 12.3. The third-order valence-electron chi connectivity index (χ3n) is 8.63. The third-order valence-corrected chi connectivity index (χ3v) is 8.63. The largest absolute Gasteiger partial charge is 0.494 e. The molecule has 8 nitrogen and oxygen atoms in total. The van der Waals surface area contributed by atoms with Gasteiger partial charge in [0.05, 0.1) is 41.0 Å². The number of aromatic amines is 1. The molecule has 11 heteroatoms. The Hall–Kier alpha value is -4.90. The number of fused-ring (bicyclic) bond motifs is 2.